The van der Waals surface area contributed by atoms with Crippen molar-refractivity contribution in [2.75, 3.05) is 0 Å². The third-order valence-corrected chi connectivity index (χ3v) is 2.57. The molecular formula is C19H38N2O. The van der Waals surface area contributed by atoms with Gasteiger partial charge in [0, 0.05) is 18.8 Å². The second-order valence-corrected chi connectivity index (χ2v) is 5.76. The van der Waals surface area contributed by atoms with Crippen LogP contribution in [0.25, 0.3) is 0 Å². The first-order valence-corrected chi connectivity index (χ1v) is 8.29. The Kier molecular flexibility index (Phi) is 22.8. The van der Waals surface area contributed by atoms with Gasteiger partial charge >= 0.3 is 0 Å². The van der Waals surface area contributed by atoms with Crippen molar-refractivity contribution in [3.63, 3.8) is 0 Å². The van der Waals surface area contributed by atoms with Crippen LogP contribution in [-0.4, -0.2) is 12.1 Å². The van der Waals surface area contributed by atoms with Crippen molar-refractivity contribution >= 4 is 12.1 Å². The third kappa shape index (κ3) is 36.3. The lowest BCUT2D eigenvalue weighted by Crippen LogP contribution is -2.01. The summed E-state index contributed by atoms with van der Waals surface area (Å²) >= 11 is 0. The molecule has 0 spiro atoms. The highest BCUT2D eigenvalue weighted by Crippen LogP contribution is 2.01. The second kappa shape index (κ2) is 19.6. The number of carbonyl (C=O) groups excluding carboxylic acids is 1. The molecule has 0 aliphatic rings. The maximum Gasteiger partial charge on any atom is 0.214 e. The fraction of sp³-hybridized carbons (Fsp3) is 0.684. The molecule has 0 unspecified atom stereocenters. The Balaban J connectivity index is -0.000000300. The molecule has 22 heavy (non-hydrogen) atoms. The Morgan fingerprint density at radius 2 is 1.64 bits per heavy atom. The van der Waals surface area contributed by atoms with E-state index in [1.807, 2.05) is 26.1 Å². The molecule has 0 aromatic heterocycles. The number of nitrogens with zero attached hydrogens (tertiary/aromatic N) is 1. The zero-order chi connectivity index (χ0) is 18.0. The average molecular weight is 311 g/mol. The van der Waals surface area contributed by atoms with E-state index >= 15 is 0 Å². The summed E-state index contributed by atoms with van der Waals surface area (Å²) in [4.78, 5) is 13.4. The van der Waals surface area contributed by atoms with Gasteiger partial charge in [-0.25, -0.2) is 0 Å². The second-order valence-electron chi connectivity index (χ2n) is 5.76. The third-order valence-electron chi connectivity index (χ3n) is 2.57. The quantitative estimate of drug-likeness (QED) is 0.632. The van der Waals surface area contributed by atoms with Gasteiger partial charge in [0.15, 0.2) is 0 Å². The lowest BCUT2D eigenvalue weighted by Gasteiger charge is -1.95. The van der Waals surface area contributed by atoms with Crippen molar-refractivity contribution in [3.05, 3.63) is 23.4 Å². The van der Waals surface area contributed by atoms with Gasteiger partial charge in [-0.3, -0.25) is 9.79 Å². The van der Waals surface area contributed by atoms with Gasteiger partial charge in [-0.05, 0) is 39.2 Å². The van der Waals surface area contributed by atoms with Crippen LogP contribution in [-0.2, 0) is 4.79 Å². The van der Waals surface area contributed by atoms with Gasteiger partial charge in [0.1, 0.15) is 0 Å². The van der Waals surface area contributed by atoms with Crippen molar-refractivity contribution < 1.29 is 4.79 Å². The minimum absolute atomic E-state index is 0.333. The molecule has 0 aromatic carbocycles. The minimum atomic E-state index is -0.333. The van der Waals surface area contributed by atoms with Crippen LogP contribution in [0.15, 0.2) is 28.4 Å². The van der Waals surface area contributed by atoms with Crippen molar-refractivity contribution in [2.24, 2.45) is 16.6 Å². The number of hydrogen-bond acceptors (Lipinski definition) is 2. The van der Waals surface area contributed by atoms with Gasteiger partial charge in [0.2, 0.25) is 5.91 Å². The van der Waals surface area contributed by atoms with Gasteiger partial charge in [0.05, 0.1) is 0 Å². The van der Waals surface area contributed by atoms with Crippen LogP contribution in [0, 0.1) is 5.92 Å². The Morgan fingerprint density at radius 1 is 1.14 bits per heavy atom. The van der Waals surface area contributed by atoms with Crippen LogP contribution in [0.3, 0.4) is 0 Å². The summed E-state index contributed by atoms with van der Waals surface area (Å²) in [6.07, 6.45) is 11.0. The SMILES string of the molecule is C/C=C(C)/N=C/C=C(\C)CCC.CC(N)=O.CCCC(C)C. The molecule has 2 N–H and O–H groups in total. The molecule has 0 aromatic rings. The van der Waals surface area contributed by atoms with E-state index in [4.69, 9.17) is 0 Å². The monoisotopic (exact) mass is 310 g/mol. The number of allylic oxidation sites excluding steroid dienone is 4. The highest BCUT2D eigenvalue weighted by molar-refractivity contribution is 5.73. The maximum atomic E-state index is 9.22. The summed E-state index contributed by atoms with van der Waals surface area (Å²) in [7, 11) is 0. The fourth-order valence-corrected chi connectivity index (χ4v) is 1.41. The molecule has 0 aliphatic carbocycles. The lowest BCUT2D eigenvalue weighted by atomic mass is 10.1. The molecule has 0 aliphatic heterocycles. The van der Waals surface area contributed by atoms with Gasteiger partial charge in [-0.1, -0.05) is 58.6 Å². The van der Waals surface area contributed by atoms with E-state index in [0.717, 1.165) is 11.6 Å². The minimum Gasteiger partial charge on any atom is -0.370 e. The Hall–Kier alpha value is -1.38. The zero-order valence-electron chi connectivity index (χ0n) is 16.1. The number of primary amides is 1. The first kappa shape index (κ1) is 25.6. The summed E-state index contributed by atoms with van der Waals surface area (Å²) in [6.45, 7) is 16.4. The molecule has 0 atom stereocenters. The zero-order valence-corrected chi connectivity index (χ0v) is 16.1. The van der Waals surface area contributed by atoms with Crippen molar-refractivity contribution in [2.45, 2.75) is 81.1 Å². The molecule has 0 rings (SSSR count). The van der Waals surface area contributed by atoms with Crippen LogP contribution in [0.4, 0.5) is 0 Å². The van der Waals surface area contributed by atoms with E-state index < -0.39 is 0 Å². The fourth-order valence-electron chi connectivity index (χ4n) is 1.41. The predicted octanol–water partition coefficient (Wildman–Crippen LogP) is 5.66. The smallest absolute Gasteiger partial charge is 0.214 e. The molecule has 130 valence electrons. The summed E-state index contributed by atoms with van der Waals surface area (Å²) in [5.74, 6) is 0.565. The summed E-state index contributed by atoms with van der Waals surface area (Å²) in [5.41, 5.74) is 6.93. The highest BCUT2D eigenvalue weighted by Gasteiger charge is 1.85. The van der Waals surface area contributed by atoms with Crippen molar-refractivity contribution in [1.82, 2.24) is 0 Å². The van der Waals surface area contributed by atoms with E-state index in [1.165, 1.54) is 38.2 Å². The average Bonchev–Trinajstić information content (AvgIpc) is 2.38. The summed E-state index contributed by atoms with van der Waals surface area (Å²) in [5, 5.41) is 0. The molecule has 3 heteroatoms. The molecule has 1 amide bonds. The number of nitrogens with two attached hydrogens (primary N) is 1. The van der Waals surface area contributed by atoms with E-state index in [1.54, 1.807) is 0 Å². The highest BCUT2D eigenvalue weighted by atomic mass is 16.1. The molecule has 3 nitrogen and oxygen atoms in total. The van der Waals surface area contributed by atoms with Crippen LogP contribution >= 0.6 is 0 Å². The van der Waals surface area contributed by atoms with Crippen molar-refractivity contribution in [1.29, 1.82) is 0 Å². The first-order valence-electron chi connectivity index (χ1n) is 8.29. The van der Waals surface area contributed by atoms with Gasteiger partial charge in [0.25, 0.3) is 0 Å². The molecule has 0 saturated carbocycles. The summed E-state index contributed by atoms with van der Waals surface area (Å²) < 4.78 is 0. The molecular weight excluding hydrogens is 272 g/mol. The van der Waals surface area contributed by atoms with Gasteiger partial charge < -0.3 is 5.73 Å². The normalized spacial score (nSPS) is 11.7. The predicted molar refractivity (Wildman–Crippen MR) is 101 cm³/mol. The van der Waals surface area contributed by atoms with E-state index in [2.05, 4.69) is 51.4 Å². The molecule has 0 saturated heterocycles. The van der Waals surface area contributed by atoms with E-state index in [-0.39, 0.29) is 5.91 Å². The summed E-state index contributed by atoms with van der Waals surface area (Å²) in [6, 6.07) is 0. The van der Waals surface area contributed by atoms with E-state index in [0.29, 0.717) is 0 Å². The Morgan fingerprint density at radius 3 is 1.91 bits per heavy atom. The number of aliphatic imine (C=N–C) groups is 1. The molecule has 0 bridgehead atoms. The van der Waals surface area contributed by atoms with Gasteiger partial charge in [-0.2, -0.15) is 0 Å². The maximum absolute atomic E-state index is 9.22. The van der Waals surface area contributed by atoms with Crippen molar-refractivity contribution in [3.8, 4) is 0 Å². The Bertz CT molecular complexity index is 335. The van der Waals surface area contributed by atoms with Crippen LogP contribution < -0.4 is 5.73 Å². The first-order chi connectivity index (χ1) is 10.2. The van der Waals surface area contributed by atoms with E-state index in [9.17, 15) is 4.79 Å². The molecule has 0 radical (unpaired) electrons. The molecule has 0 heterocycles. The standard InChI is InChI=1S/C11H19N.C6H14.C2H5NO/c1-5-7-10(3)8-9-12-11(4)6-2;1-4-5-6(2)3;1-2(3)4/h6,8-9H,5,7H2,1-4H3;6H,4-5H2,1-3H3;1H3,(H2,3,4)/b10-8+,11-6+,12-9+;;. The number of hydrogen-bond donors (Lipinski definition) is 1. The van der Waals surface area contributed by atoms with Crippen LogP contribution in [0.5, 0.6) is 0 Å². The van der Waals surface area contributed by atoms with Gasteiger partial charge in [-0.15, -0.1) is 0 Å². The van der Waals surface area contributed by atoms with Crippen LogP contribution in [0.2, 0.25) is 0 Å². The lowest BCUT2D eigenvalue weighted by molar-refractivity contribution is -0.115. The topological polar surface area (TPSA) is 55.4 Å². The number of rotatable bonds is 6. The largest absolute Gasteiger partial charge is 0.370 e. The Labute approximate surface area is 138 Å². The van der Waals surface area contributed by atoms with Crippen LogP contribution in [0.1, 0.15) is 81.1 Å². The molecule has 0 fully saturated rings. The number of amides is 1. The number of carbonyl (C=O) groups is 1.